The van der Waals surface area contributed by atoms with Gasteiger partial charge in [-0.15, -0.1) is 0 Å². The van der Waals surface area contributed by atoms with Crippen molar-refractivity contribution in [3.05, 3.63) is 48.2 Å². The predicted octanol–water partition coefficient (Wildman–Crippen LogP) is 3.33. The fourth-order valence-electron chi connectivity index (χ4n) is 4.17. The van der Waals surface area contributed by atoms with E-state index in [1.165, 1.54) is 32.0 Å². The van der Waals surface area contributed by atoms with Crippen molar-refractivity contribution >= 4 is 48.9 Å². The van der Waals surface area contributed by atoms with Gasteiger partial charge in [0.15, 0.2) is 28.8 Å². The zero-order valence-corrected chi connectivity index (χ0v) is 22.5. The number of fused-ring (bicyclic) bond motifs is 1. The van der Waals surface area contributed by atoms with Crippen LogP contribution in [0.4, 0.5) is 43.6 Å². The molecule has 3 N–H and O–H groups in total. The van der Waals surface area contributed by atoms with Gasteiger partial charge >= 0.3 is 8.25 Å². The van der Waals surface area contributed by atoms with Gasteiger partial charge in [0.2, 0.25) is 5.95 Å². The monoisotopic (exact) mass is 577 g/mol. The van der Waals surface area contributed by atoms with Crippen molar-refractivity contribution in [2.75, 3.05) is 53.5 Å². The number of carbonyl (C=O) groups is 1. The van der Waals surface area contributed by atoms with Gasteiger partial charge in [0, 0.05) is 18.8 Å². The molecule has 3 aromatic rings. The molecule has 2 aliphatic heterocycles. The second kappa shape index (κ2) is 11.3. The Morgan fingerprint density at radius 1 is 1.12 bits per heavy atom. The highest BCUT2D eigenvalue weighted by Gasteiger charge is 2.42. The summed E-state index contributed by atoms with van der Waals surface area (Å²) in [6, 6.07) is 7.58. The molecule has 4 heterocycles. The third-order valence-corrected chi connectivity index (χ3v) is 6.46. The molecule has 0 saturated carbocycles. The molecule has 0 aliphatic carbocycles. The van der Waals surface area contributed by atoms with Crippen LogP contribution in [0.5, 0.6) is 5.75 Å². The summed E-state index contributed by atoms with van der Waals surface area (Å²) in [6.07, 6.45) is 0.933. The van der Waals surface area contributed by atoms with Crippen LogP contribution < -0.4 is 25.2 Å². The maximum absolute atomic E-state index is 14.8. The van der Waals surface area contributed by atoms with Crippen LogP contribution in [-0.2, 0) is 18.6 Å². The van der Waals surface area contributed by atoms with Crippen molar-refractivity contribution in [3.63, 3.8) is 0 Å². The van der Waals surface area contributed by atoms with Gasteiger partial charge < -0.3 is 29.9 Å². The minimum absolute atomic E-state index is 0.00113. The molecule has 5 rings (SSSR count). The maximum Gasteiger partial charge on any atom is 0.318 e. The molecule has 212 valence electrons. The molecule has 2 aliphatic rings. The molecule has 40 heavy (non-hydrogen) atoms. The van der Waals surface area contributed by atoms with Crippen molar-refractivity contribution in [3.8, 4) is 5.75 Å². The van der Waals surface area contributed by atoms with Gasteiger partial charge in [-0.2, -0.15) is 4.98 Å². The lowest BCUT2D eigenvalue weighted by Gasteiger charge is -2.37. The Kier molecular flexibility index (Phi) is 7.81. The summed E-state index contributed by atoms with van der Waals surface area (Å²) in [6.45, 7) is 4.74. The number of carbonyl (C=O) groups excluding carboxylic acids is 1. The highest BCUT2D eigenvalue weighted by molar-refractivity contribution is 7.32. The predicted molar refractivity (Wildman–Crippen MR) is 142 cm³/mol. The van der Waals surface area contributed by atoms with Crippen molar-refractivity contribution in [2.24, 2.45) is 0 Å². The van der Waals surface area contributed by atoms with Crippen molar-refractivity contribution in [1.29, 1.82) is 0 Å². The van der Waals surface area contributed by atoms with Crippen LogP contribution in [-0.4, -0.2) is 64.4 Å². The Morgan fingerprint density at radius 3 is 2.62 bits per heavy atom. The average molecular weight is 577 g/mol. The summed E-state index contributed by atoms with van der Waals surface area (Å²) in [7, 11) is -3.33. The third kappa shape index (κ3) is 5.97. The number of hydrogen-bond donors (Lipinski definition) is 3. The summed E-state index contributed by atoms with van der Waals surface area (Å²) in [5.41, 5.74) is -0.472. The van der Waals surface area contributed by atoms with Crippen LogP contribution in [0.3, 0.4) is 0 Å². The smallest absolute Gasteiger partial charge is 0.318 e. The average Bonchev–Trinajstić information content (AvgIpc) is 2.91. The number of pyridine rings is 1. The molecule has 16 heteroatoms. The summed E-state index contributed by atoms with van der Waals surface area (Å²) >= 11 is 0. The lowest BCUT2D eigenvalue weighted by atomic mass is 10.1. The number of amides is 1. The van der Waals surface area contributed by atoms with Crippen LogP contribution in [0.2, 0.25) is 0 Å². The Morgan fingerprint density at radius 2 is 1.90 bits per heavy atom. The van der Waals surface area contributed by atoms with Gasteiger partial charge in [0.05, 0.1) is 25.1 Å². The van der Waals surface area contributed by atoms with Gasteiger partial charge in [0.25, 0.3) is 5.91 Å². The largest absolute Gasteiger partial charge is 0.474 e. The second-order valence-electron chi connectivity index (χ2n) is 9.31. The summed E-state index contributed by atoms with van der Waals surface area (Å²) in [4.78, 5) is 37.3. The lowest BCUT2D eigenvalue weighted by molar-refractivity contribution is -0.133. The number of nitrogens with one attached hydrogen (secondary N) is 2. The van der Waals surface area contributed by atoms with E-state index in [0.717, 1.165) is 11.1 Å². The summed E-state index contributed by atoms with van der Waals surface area (Å²) < 4.78 is 56.3. The molecule has 1 aromatic carbocycles. The van der Waals surface area contributed by atoms with Crippen LogP contribution in [0.25, 0.3) is 0 Å². The lowest BCUT2D eigenvalue weighted by Crippen LogP contribution is -2.53. The van der Waals surface area contributed by atoms with Crippen LogP contribution in [0, 0.1) is 11.6 Å². The van der Waals surface area contributed by atoms with E-state index in [-0.39, 0.29) is 29.2 Å². The zero-order valence-electron chi connectivity index (χ0n) is 21.5. The fraction of sp³-hybridized carbons (Fsp3) is 0.333. The highest BCUT2D eigenvalue weighted by atomic mass is 31.1. The standard InChI is InChI=1S/C24H26F2N7O6P/c1-24(2)22(34)33(13-38-40(35)36)21-18(39-24)5-6-19(30-21)29-20-16(26)12-27-23(31-20)28-14-3-4-17(15(25)11-14)32-7-9-37-10-8-32/h3-6,11-12,40H,7-10,13H2,1-2H3,(H,35,36)(H2,27,28,29,30,31). The second-order valence-corrected chi connectivity index (χ2v) is 10.1. The molecule has 1 unspecified atom stereocenters. The quantitative estimate of drug-likeness (QED) is 0.337. The van der Waals surface area contributed by atoms with E-state index in [9.17, 15) is 18.1 Å². The number of nitrogens with zero attached hydrogens (tertiary/aromatic N) is 5. The Balaban J connectivity index is 1.35. The number of benzene rings is 1. The summed E-state index contributed by atoms with van der Waals surface area (Å²) in [5, 5.41) is 5.58. The first kappa shape index (κ1) is 27.6. The molecule has 0 bridgehead atoms. The van der Waals surface area contributed by atoms with Gasteiger partial charge in [-0.1, -0.05) is 0 Å². The number of rotatable bonds is 8. The molecule has 1 atom stereocenters. The minimum Gasteiger partial charge on any atom is -0.474 e. The molecule has 0 spiro atoms. The Labute approximate surface area is 228 Å². The molecular formula is C24H26F2N7O6P. The number of aromatic nitrogens is 3. The molecular weight excluding hydrogens is 551 g/mol. The first-order valence-corrected chi connectivity index (χ1v) is 13.4. The van der Waals surface area contributed by atoms with Gasteiger partial charge in [-0.25, -0.2) is 18.7 Å². The number of ether oxygens (including phenoxy) is 2. The molecule has 13 nitrogen and oxygen atoms in total. The fourth-order valence-corrected chi connectivity index (χ4v) is 4.41. The van der Waals surface area contributed by atoms with E-state index < -0.39 is 38.1 Å². The Hall–Kier alpha value is -3.91. The van der Waals surface area contributed by atoms with Crippen LogP contribution >= 0.6 is 8.25 Å². The molecule has 1 fully saturated rings. The SMILES string of the molecule is CC1(C)Oc2ccc(Nc3nc(Nc4ccc(N5CCOCC5)c(F)c4)ncc3F)nc2N(CO[PH](=O)O)C1=O. The number of morpholine rings is 1. The molecule has 1 amide bonds. The topological polar surface area (TPSA) is 151 Å². The molecule has 0 radical (unpaired) electrons. The zero-order chi connectivity index (χ0) is 28.4. The number of anilines is 6. The molecule has 2 aromatic heterocycles. The van der Waals surface area contributed by atoms with Crippen LogP contribution in [0.15, 0.2) is 36.5 Å². The van der Waals surface area contributed by atoms with E-state index in [0.29, 0.717) is 37.7 Å². The maximum atomic E-state index is 14.8. The highest BCUT2D eigenvalue weighted by Crippen LogP contribution is 2.38. The van der Waals surface area contributed by atoms with Crippen molar-refractivity contribution < 1.29 is 37.0 Å². The first-order valence-electron chi connectivity index (χ1n) is 12.2. The Bertz CT molecular complexity index is 1460. The minimum atomic E-state index is -3.33. The first-order chi connectivity index (χ1) is 19.1. The number of hydrogen-bond acceptors (Lipinski definition) is 11. The van der Waals surface area contributed by atoms with E-state index >= 15 is 0 Å². The summed E-state index contributed by atoms with van der Waals surface area (Å²) in [5.74, 6) is -1.76. The molecule has 1 saturated heterocycles. The normalized spacial score (nSPS) is 17.2. The van der Waals surface area contributed by atoms with E-state index in [2.05, 4.69) is 25.6 Å². The van der Waals surface area contributed by atoms with E-state index in [1.54, 1.807) is 12.1 Å². The van der Waals surface area contributed by atoms with Crippen molar-refractivity contribution in [1.82, 2.24) is 15.0 Å². The van der Waals surface area contributed by atoms with Gasteiger partial charge in [-0.3, -0.25) is 18.8 Å². The van der Waals surface area contributed by atoms with Crippen LogP contribution in [0.1, 0.15) is 13.8 Å². The third-order valence-electron chi connectivity index (χ3n) is 6.08. The van der Waals surface area contributed by atoms with Gasteiger partial charge in [-0.05, 0) is 44.2 Å². The van der Waals surface area contributed by atoms with E-state index in [1.807, 2.05) is 4.90 Å². The van der Waals surface area contributed by atoms with E-state index in [4.69, 9.17) is 18.9 Å². The van der Waals surface area contributed by atoms with Gasteiger partial charge in [0.1, 0.15) is 18.4 Å². The number of halogens is 2. The van der Waals surface area contributed by atoms with Crippen molar-refractivity contribution in [2.45, 2.75) is 19.4 Å².